The van der Waals surface area contributed by atoms with Gasteiger partial charge >= 0.3 is 0 Å². The molecule has 3 rings (SSSR count). The molecule has 1 aliphatic heterocycles. The molecule has 0 aliphatic carbocycles. The smallest absolute Gasteiger partial charge is 0.279 e. The SMILES string of the molecule is COc1ccccc1N1CC[NH+](CC(=O)Nc2ccc(F)c(Cl)c2)CC1. The van der Waals surface area contributed by atoms with Gasteiger partial charge in [-0.25, -0.2) is 4.39 Å². The molecule has 0 atom stereocenters. The number of nitrogens with zero attached hydrogens (tertiary/aromatic N) is 1. The van der Waals surface area contributed by atoms with E-state index >= 15 is 0 Å². The minimum atomic E-state index is -0.497. The van der Waals surface area contributed by atoms with Crippen molar-refractivity contribution in [3.63, 3.8) is 0 Å². The normalized spacial score (nSPS) is 15.0. The predicted molar refractivity (Wildman–Crippen MR) is 101 cm³/mol. The average Bonchev–Trinajstić information content (AvgIpc) is 2.65. The lowest BCUT2D eigenvalue weighted by atomic mass is 10.2. The zero-order chi connectivity index (χ0) is 18.5. The van der Waals surface area contributed by atoms with Crippen molar-refractivity contribution < 1.29 is 18.8 Å². The zero-order valence-corrected chi connectivity index (χ0v) is 15.4. The quantitative estimate of drug-likeness (QED) is 0.834. The summed E-state index contributed by atoms with van der Waals surface area (Å²) in [5, 5.41) is 2.77. The number of carbonyl (C=O) groups excluding carboxylic acids is 1. The zero-order valence-electron chi connectivity index (χ0n) is 14.6. The Morgan fingerprint density at radius 2 is 2.00 bits per heavy atom. The first-order valence-corrected chi connectivity index (χ1v) is 8.91. The fourth-order valence-electron chi connectivity index (χ4n) is 3.14. The van der Waals surface area contributed by atoms with E-state index in [0.717, 1.165) is 37.6 Å². The molecule has 2 aromatic carbocycles. The molecule has 1 saturated heterocycles. The van der Waals surface area contributed by atoms with Crippen molar-refractivity contribution in [1.82, 2.24) is 0 Å². The Kier molecular flexibility index (Phi) is 5.96. The molecule has 1 fully saturated rings. The van der Waals surface area contributed by atoms with E-state index in [9.17, 15) is 9.18 Å². The second-order valence-corrected chi connectivity index (χ2v) is 6.67. The largest absolute Gasteiger partial charge is 0.495 e. The van der Waals surface area contributed by atoms with Crippen LogP contribution in [-0.4, -0.2) is 45.7 Å². The maximum Gasteiger partial charge on any atom is 0.279 e. The predicted octanol–water partition coefficient (Wildman–Crippen LogP) is 1.83. The Morgan fingerprint density at radius 1 is 1.27 bits per heavy atom. The molecule has 0 aromatic heterocycles. The summed E-state index contributed by atoms with van der Waals surface area (Å²) in [6.45, 7) is 3.79. The van der Waals surface area contributed by atoms with Crippen LogP contribution in [0.15, 0.2) is 42.5 Å². The highest BCUT2D eigenvalue weighted by molar-refractivity contribution is 6.31. The Hall–Kier alpha value is -2.31. The summed E-state index contributed by atoms with van der Waals surface area (Å²) in [6, 6.07) is 12.1. The number of hydrogen-bond donors (Lipinski definition) is 2. The standard InChI is InChI=1S/C19H21ClFN3O2/c1-26-18-5-3-2-4-17(18)24-10-8-23(9-11-24)13-19(25)22-14-6-7-16(21)15(20)12-14/h2-7,12H,8-11,13H2,1H3,(H,22,25)/p+1. The van der Waals surface area contributed by atoms with Gasteiger partial charge < -0.3 is 19.9 Å². The lowest BCUT2D eigenvalue weighted by Gasteiger charge is -2.34. The molecule has 0 bridgehead atoms. The van der Waals surface area contributed by atoms with Gasteiger partial charge in [0.15, 0.2) is 6.54 Å². The number of carbonyl (C=O) groups is 1. The maximum atomic E-state index is 13.2. The van der Waals surface area contributed by atoms with Gasteiger partial charge in [0, 0.05) is 5.69 Å². The van der Waals surface area contributed by atoms with Gasteiger partial charge in [-0.15, -0.1) is 0 Å². The van der Waals surface area contributed by atoms with E-state index in [4.69, 9.17) is 16.3 Å². The van der Waals surface area contributed by atoms with E-state index in [1.165, 1.54) is 23.1 Å². The number of hydrogen-bond acceptors (Lipinski definition) is 3. The second-order valence-electron chi connectivity index (χ2n) is 6.26. The van der Waals surface area contributed by atoms with Crippen molar-refractivity contribution in [2.45, 2.75) is 0 Å². The third-order valence-corrected chi connectivity index (χ3v) is 4.80. The fourth-order valence-corrected chi connectivity index (χ4v) is 3.32. The summed E-state index contributed by atoms with van der Waals surface area (Å²) >= 11 is 5.74. The second kappa shape index (κ2) is 8.38. The number of halogens is 2. The van der Waals surface area contributed by atoms with Gasteiger partial charge in [-0.2, -0.15) is 0 Å². The van der Waals surface area contributed by atoms with Crippen molar-refractivity contribution in [3.05, 3.63) is 53.3 Å². The third kappa shape index (κ3) is 4.45. The lowest BCUT2D eigenvalue weighted by molar-refractivity contribution is -0.892. The number of piperazine rings is 1. The highest BCUT2D eigenvalue weighted by Gasteiger charge is 2.24. The first kappa shape index (κ1) is 18.5. The monoisotopic (exact) mass is 378 g/mol. The van der Waals surface area contributed by atoms with E-state index in [-0.39, 0.29) is 10.9 Å². The molecule has 0 unspecified atom stereocenters. The lowest BCUT2D eigenvalue weighted by Crippen LogP contribution is -3.15. The Morgan fingerprint density at radius 3 is 2.69 bits per heavy atom. The molecule has 1 amide bonds. The van der Waals surface area contributed by atoms with Crippen LogP contribution in [-0.2, 0) is 4.79 Å². The molecular weight excluding hydrogens is 357 g/mol. The average molecular weight is 379 g/mol. The van der Waals surface area contributed by atoms with Crippen LogP contribution in [0.2, 0.25) is 5.02 Å². The van der Waals surface area contributed by atoms with E-state index < -0.39 is 5.82 Å². The summed E-state index contributed by atoms with van der Waals surface area (Å²) < 4.78 is 18.6. The van der Waals surface area contributed by atoms with Crippen molar-refractivity contribution in [2.24, 2.45) is 0 Å². The van der Waals surface area contributed by atoms with Crippen LogP contribution in [0.3, 0.4) is 0 Å². The molecule has 0 spiro atoms. The van der Waals surface area contributed by atoms with E-state index in [1.54, 1.807) is 7.11 Å². The molecule has 0 saturated carbocycles. The van der Waals surface area contributed by atoms with E-state index in [0.29, 0.717) is 12.2 Å². The van der Waals surface area contributed by atoms with Crippen LogP contribution in [0.5, 0.6) is 5.75 Å². The van der Waals surface area contributed by atoms with Crippen LogP contribution in [0.4, 0.5) is 15.8 Å². The number of para-hydroxylation sites is 2. The molecule has 138 valence electrons. The van der Waals surface area contributed by atoms with Crippen molar-refractivity contribution in [3.8, 4) is 5.75 Å². The number of ether oxygens (including phenoxy) is 1. The molecule has 0 radical (unpaired) electrons. The highest BCUT2D eigenvalue weighted by atomic mass is 35.5. The van der Waals surface area contributed by atoms with Crippen molar-refractivity contribution >= 4 is 28.9 Å². The number of quaternary nitrogens is 1. The van der Waals surface area contributed by atoms with Crippen LogP contribution in [0.1, 0.15) is 0 Å². The van der Waals surface area contributed by atoms with Gasteiger partial charge in [0.2, 0.25) is 0 Å². The summed E-state index contributed by atoms with van der Waals surface area (Å²) in [4.78, 5) is 15.7. The third-order valence-electron chi connectivity index (χ3n) is 4.51. The summed E-state index contributed by atoms with van der Waals surface area (Å²) in [6.07, 6.45) is 0. The van der Waals surface area contributed by atoms with Crippen LogP contribution in [0.25, 0.3) is 0 Å². The highest BCUT2D eigenvalue weighted by Crippen LogP contribution is 2.27. The fraction of sp³-hybridized carbons (Fsp3) is 0.316. The number of nitrogens with one attached hydrogen (secondary N) is 2. The Labute approximate surface area is 157 Å². The molecule has 5 nitrogen and oxygen atoms in total. The van der Waals surface area contributed by atoms with Gasteiger partial charge in [0.25, 0.3) is 5.91 Å². The van der Waals surface area contributed by atoms with Crippen LogP contribution >= 0.6 is 11.6 Å². The molecule has 1 aliphatic rings. The molecule has 7 heteroatoms. The first-order valence-electron chi connectivity index (χ1n) is 8.53. The topological polar surface area (TPSA) is 46.0 Å². The van der Waals surface area contributed by atoms with E-state index in [2.05, 4.69) is 16.3 Å². The van der Waals surface area contributed by atoms with E-state index in [1.807, 2.05) is 18.2 Å². The van der Waals surface area contributed by atoms with Gasteiger partial charge in [-0.3, -0.25) is 4.79 Å². The van der Waals surface area contributed by atoms with Gasteiger partial charge in [0.1, 0.15) is 11.6 Å². The Balaban J connectivity index is 1.52. The number of amides is 1. The molecule has 2 aromatic rings. The van der Waals surface area contributed by atoms with Crippen LogP contribution < -0.4 is 19.9 Å². The van der Waals surface area contributed by atoms with Crippen LogP contribution in [0, 0.1) is 5.82 Å². The summed E-state index contributed by atoms with van der Waals surface area (Å²) in [7, 11) is 1.67. The molecular formula is C19H22ClFN3O2+. The molecule has 2 N–H and O–H groups in total. The van der Waals surface area contributed by atoms with Crippen molar-refractivity contribution in [1.29, 1.82) is 0 Å². The van der Waals surface area contributed by atoms with Gasteiger partial charge in [-0.05, 0) is 30.3 Å². The summed E-state index contributed by atoms with van der Waals surface area (Å²) in [5.74, 6) is 0.262. The van der Waals surface area contributed by atoms with Crippen molar-refractivity contribution in [2.75, 3.05) is 50.1 Å². The minimum Gasteiger partial charge on any atom is -0.495 e. The maximum absolute atomic E-state index is 13.2. The molecule has 26 heavy (non-hydrogen) atoms. The number of methoxy groups -OCH3 is 1. The minimum absolute atomic E-state index is 0.000527. The number of anilines is 2. The number of benzene rings is 2. The van der Waals surface area contributed by atoms with Gasteiger partial charge in [-0.1, -0.05) is 23.7 Å². The first-order chi connectivity index (χ1) is 12.6. The Bertz CT molecular complexity index is 779. The van der Waals surface area contributed by atoms with Gasteiger partial charge in [0.05, 0.1) is 44.0 Å². The molecule has 1 heterocycles. The number of rotatable bonds is 5. The summed E-state index contributed by atoms with van der Waals surface area (Å²) in [5.41, 5.74) is 1.59.